The quantitative estimate of drug-likeness (QED) is 0.517. The number of hydrogen-bond acceptors (Lipinski definition) is 5. The van der Waals surface area contributed by atoms with Crippen LogP contribution in [0.5, 0.6) is 5.75 Å². The van der Waals surface area contributed by atoms with Gasteiger partial charge in [-0.1, -0.05) is 41.9 Å². The number of halogens is 1. The van der Waals surface area contributed by atoms with E-state index in [1.165, 1.54) is 7.11 Å². The van der Waals surface area contributed by atoms with Crippen molar-refractivity contribution in [2.75, 3.05) is 7.11 Å². The Morgan fingerprint density at radius 1 is 1.09 bits per heavy atom. The first-order chi connectivity index (χ1) is 15.8. The first-order valence-electron chi connectivity index (χ1n) is 11.2. The van der Waals surface area contributed by atoms with Gasteiger partial charge in [-0.2, -0.15) is 0 Å². The Hall–Kier alpha value is -2.92. The molecule has 3 atom stereocenters. The molecular formula is C27H28ClNO4. The van der Waals surface area contributed by atoms with Gasteiger partial charge in [0.05, 0.1) is 13.2 Å². The molecule has 33 heavy (non-hydrogen) atoms. The van der Waals surface area contributed by atoms with Crippen molar-refractivity contribution in [2.45, 2.75) is 51.6 Å². The average Bonchev–Trinajstić information content (AvgIpc) is 2.78. The predicted octanol–water partition coefficient (Wildman–Crippen LogP) is 5.88. The second kappa shape index (κ2) is 9.52. The first-order valence-corrected chi connectivity index (χ1v) is 11.6. The van der Waals surface area contributed by atoms with Gasteiger partial charge in [-0.25, -0.2) is 0 Å². The lowest BCUT2D eigenvalue weighted by Crippen LogP contribution is -2.38. The number of allylic oxidation sites excluding steroid dienone is 2. The minimum Gasteiger partial charge on any atom is -0.491 e. The lowest BCUT2D eigenvalue weighted by molar-refractivity contribution is -0.143. The summed E-state index contributed by atoms with van der Waals surface area (Å²) in [5.41, 5.74) is 3.85. The zero-order valence-corrected chi connectivity index (χ0v) is 20.1. The van der Waals surface area contributed by atoms with Crippen LogP contribution in [0.25, 0.3) is 0 Å². The number of carbonyl (C=O) groups is 2. The van der Waals surface area contributed by atoms with Crippen LogP contribution in [0, 0.1) is 5.92 Å². The Morgan fingerprint density at radius 2 is 1.79 bits per heavy atom. The van der Waals surface area contributed by atoms with Gasteiger partial charge in [0.25, 0.3) is 0 Å². The van der Waals surface area contributed by atoms with E-state index in [4.69, 9.17) is 26.1 Å². The molecule has 1 heterocycles. The summed E-state index contributed by atoms with van der Waals surface area (Å²) >= 11 is 6.05. The molecule has 0 N–H and O–H groups in total. The highest BCUT2D eigenvalue weighted by Gasteiger charge is 2.45. The highest BCUT2D eigenvalue weighted by molar-refractivity contribution is 6.30. The summed E-state index contributed by atoms with van der Waals surface area (Å²) in [5, 5.41) is 0.662. The van der Waals surface area contributed by atoms with E-state index in [0.29, 0.717) is 34.9 Å². The molecule has 0 bridgehead atoms. The number of benzene rings is 2. The first kappa shape index (κ1) is 23.2. The standard InChI is InChI=1S/C27H28ClNO4/c1-15(2)33-23-8-6-5-7-20(23)25-24(27(31)32-4)16(3)29-21-13-18(14-22(30)26(21)25)17-9-11-19(28)12-10-17/h5-12,15,18,24-25H,13-14H2,1-4H3/t18-,24?,25+/m1/s1. The van der Waals surface area contributed by atoms with E-state index in [-0.39, 0.29) is 17.8 Å². The molecule has 1 unspecified atom stereocenters. The molecular weight excluding hydrogens is 438 g/mol. The van der Waals surface area contributed by atoms with Gasteiger partial charge in [-0.15, -0.1) is 0 Å². The molecule has 2 aliphatic rings. The molecule has 5 nitrogen and oxygen atoms in total. The van der Waals surface area contributed by atoms with E-state index in [0.717, 1.165) is 16.8 Å². The molecule has 6 heteroatoms. The Balaban J connectivity index is 1.83. The van der Waals surface area contributed by atoms with Crippen LogP contribution in [0.3, 0.4) is 0 Å². The second-order valence-corrected chi connectivity index (χ2v) is 9.31. The molecule has 0 saturated carbocycles. The van der Waals surface area contributed by atoms with Gasteiger partial charge in [-0.3, -0.25) is 14.6 Å². The molecule has 0 radical (unpaired) electrons. The van der Waals surface area contributed by atoms with Crippen LogP contribution in [0.4, 0.5) is 0 Å². The summed E-state index contributed by atoms with van der Waals surface area (Å²) in [4.78, 5) is 31.3. The van der Waals surface area contributed by atoms with Crippen molar-refractivity contribution >= 4 is 29.1 Å². The van der Waals surface area contributed by atoms with Crippen LogP contribution in [0.1, 0.15) is 56.6 Å². The largest absolute Gasteiger partial charge is 0.491 e. The number of ether oxygens (including phenoxy) is 2. The summed E-state index contributed by atoms with van der Waals surface area (Å²) < 4.78 is 11.2. The molecule has 0 saturated heterocycles. The average molecular weight is 466 g/mol. The van der Waals surface area contributed by atoms with Crippen LogP contribution >= 0.6 is 11.6 Å². The van der Waals surface area contributed by atoms with Crippen LogP contribution in [0.2, 0.25) is 5.02 Å². The SMILES string of the molecule is COC(=O)C1C(C)=NC2=C(C(=O)C[C@H](c3ccc(Cl)cc3)C2)[C@H]1c1ccccc1OC(C)C. The number of esters is 1. The number of methoxy groups -OCH3 is 1. The number of para-hydroxylation sites is 1. The summed E-state index contributed by atoms with van der Waals surface area (Å²) in [6, 6.07) is 15.2. The highest BCUT2D eigenvalue weighted by atomic mass is 35.5. The third-order valence-corrected chi connectivity index (χ3v) is 6.55. The van der Waals surface area contributed by atoms with Gasteiger partial charge in [0, 0.05) is 39.9 Å². The maximum absolute atomic E-state index is 13.6. The van der Waals surface area contributed by atoms with Crippen molar-refractivity contribution in [3.8, 4) is 5.75 Å². The number of aliphatic imine (C=N–C) groups is 1. The molecule has 0 spiro atoms. The van der Waals surface area contributed by atoms with Crippen molar-refractivity contribution in [1.29, 1.82) is 0 Å². The lowest BCUT2D eigenvalue weighted by atomic mass is 9.69. The summed E-state index contributed by atoms with van der Waals surface area (Å²) in [7, 11) is 1.37. The van der Waals surface area contributed by atoms with Crippen molar-refractivity contribution in [1.82, 2.24) is 0 Å². The van der Waals surface area contributed by atoms with Gasteiger partial charge >= 0.3 is 5.97 Å². The number of rotatable bonds is 5. The number of carbonyl (C=O) groups excluding carboxylic acids is 2. The van der Waals surface area contributed by atoms with E-state index in [2.05, 4.69) is 0 Å². The van der Waals surface area contributed by atoms with Crippen molar-refractivity contribution in [3.05, 3.63) is 76.0 Å². The third kappa shape index (κ3) is 4.60. The topological polar surface area (TPSA) is 65.0 Å². The van der Waals surface area contributed by atoms with Crippen LogP contribution in [-0.2, 0) is 14.3 Å². The van der Waals surface area contributed by atoms with Crippen molar-refractivity contribution < 1.29 is 19.1 Å². The molecule has 0 aromatic heterocycles. The van der Waals surface area contributed by atoms with Crippen molar-refractivity contribution in [2.24, 2.45) is 10.9 Å². The monoisotopic (exact) mass is 465 g/mol. The predicted molar refractivity (Wildman–Crippen MR) is 129 cm³/mol. The van der Waals surface area contributed by atoms with E-state index >= 15 is 0 Å². The van der Waals surface area contributed by atoms with Gasteiger partial charge in [0.2, 0.25) is 0 Å². The normalized spacial score (nSPS) is 22.7. The van der Waals surface area contributed by atoms with E-state index in [9.17, 15) is 9.59 Å². The van der Waals surface area contributed by atoms with Crippen LogP contribution in [0.15, 0.2) is 64.8 Å². The molecule has 0 fully saturated rings. The second-order valence-electron chi connectivity index (χ2n) is 8.88. The maximum Gasteiger partial charge on any atom is 0.315 e. The van der Waals surface area contributed by atoms with Gasteiger partial charge in [0.1, 0.15) is 11.7 Å². The van der Waals surface area contributed by atoms with Gasteiger partial charge in [-0.05, 0) is 56.9 Å². The minimum absolute atomic E-state index is 0.00528. The van der Waals surface area contributed by atoms with Crippen LogP contribution in [-0.4, -0.2) is 30.7 Å². The molecule has 1 aliphatic carbocycles. The van der Waals surface area contributed by atoms with E-state index in [1.54, 1.807) is 0 Å². The smallest absolute Gasteiger partial charge is 0.315 e. The number of nitrogens with zero attached hydrogens (tertiary/aromatic N) is 1. The van der Waals surface area contributed by atoms with Crippen molar-refractivity contribution in [3.63, 3.8) is 0 Å². The number of Topliss-reactive ketones (excluding diaryl/α,β-unsaturated/α-hetero) is 1. The van der Waals surface area contributed by atoms with Gasteiger partial charge in [0.15, 0.2) is 5.78 Å². The summed E-state index contributed by atoms with van der Waals surface area (Å²) in [6.07, 6.45) is 0.926. The van der Waals surface area contributed by atoms with E-state index < -0.39 is 17.8 Å². The number of ketones is 1. The highest BCUT2D eigenvalue weighted by Crippen LogP contribution is 2.48. The molecule has 2 aromatic carbocycles. The lowest BCUT2D eigenvalue weighted by Gasteiger charge is -2.37. The van der Waals surface area contributed by atoms with E-state index in [1.807, 2.05) is 69.3 Å². The fraction of sp³-hybridized carbons (Fsp3) is 0.370. The third-order valence-electron chi connectivity index (χ3n) is 6.30. The molecule has 1 aliphatic heterocycles. The molecule has 0 amide bonds. The Bertz CT molecular complexity index is 1130. The maximum atomic E-state index is 13.6. The summed E-state index contributed by atoms with van der Waals surface area (Å²) in [6.45, 7) is 5.74. The number of hydrogen-bond donors (Lipinski definition) is 0. The Kier molecular flexibility index (Phi) is 6.71. The molecule has 172 valence electrons. The molecule has 2 aromatic rings. The molecule has 4 rings (SSSR count). The fourth-order valence-electron chi connectivity index (χ4n) is 4.90. The van der Waals surface area contributed by atoms with Gasteiger partial charge < -0.3 is 9.47 Å². The van der Waals surface area contributed by atoms with Crippen LogP contribution < -0.4 is 4.74 Å². The minimum atomic E-state index is -0.679. The Labute approximate surface area is 199 Å². The summed E-state index contributed by atoms with van der Waals surface area (Å²) in [5.74, 6) is -0.895. The zero-order chi connectivity index (χ0) is 23.7. The fourth-order valence-corrected chi connectivity index (χ4v) is 5.02. The zero-order valence-electron chi connectivity index (χ0n) is 19.3. The Morgan fingerprint density at radius 3 is 2.45 bits per heavy atom.